The largest absolute Gasteiger partial charge is 0.460 e. The molecule has 3 heterocycles. The molecule has 0 saturated heterocycles. The van der Waals surface area contributed by atoms with Crippen LogP contribution in [-0.2, 0) is 17.9 Å². The van der Waals surface area contributed by atoms with Gasteiger partial charge in [0.05, 0.1) is 11.7 Å². The molecular formula is C21H21N5O2. The number of hydrogen-bond acceptors (Lipinski definition) is 4. The number of furan rings is 1. The number of fused-ring (bicyclic) bond motifs is 1. The average Bonchev–Trinajstić information content (AvgIpc) is 3.06. The predicted molar refractivity (Wildman–Crippen MR) is 106 cm³/mol. The molecule has 1 N–H and O–H groups in total. The molecule has 7 heteroatoms. The molecule has 0 atom stereocenters. The molecule has 28 heavy (non-hydrogen) atoms. The van der Waals surface area contributed by atoms with Gasteiger partial charge in [0.25, 0.3) is 0 Å². The van der Waals surface area contributed by atoms with Crippen LogP contribution < -0.4 is 5.32 Å². The van der Waals surface area contributed by atoms with Crippen LogP contribution in [0, 0.1) is 12.8 Å². The number of carbonyl (C=O) groups is 1. The Hall–Kier alpha value is -3.35. The van der Waals surface area contributed by atoms with Crippen LogP contribution in [0.1, 0.15) is 18.6 Å². The molecule has 3 aromatic heterocycles. The Morgan fingerprint density at radius 3 is 2.82 bits per heavy atom. The second-order valence-corrected chi connectivity index (χ2v) is 7.32. The number of hydrogen-bond donors (Lipinski definition) is 1. The highest BCUT2D eigenvalue weighted by molar-refractivity contribution is 5.94. The minimum absolute atomic E-state index is 0.120. The molecule has 1 fully saturated rings. The lowest BCUT2D eigenvalue weighted by Gasteiger charge is -2.09. The van der Waals surface area contributed by atoms with Crippen LogP contribution in [-0.4, -0.2) is 25.5 Å². The third kappa shape index (κ3) is 3.19. The lowest BCUT2D eigenvalue weighted by molar-refractivity contribution is -0.116. The first-order valence-electron chi connectivity index (χ1n) is 9.51. The van der Waals surface area contributed by atoms with Gasteiger partial charge in [-0.2, -0.15) is 10.2 Å². The Morgan fingerprint density at radius 1 is 1.18 bits per heavy atom. The second kappa shape index (κ2) is 6.67. The van der Waals surface area contributed by atoms with Crippen molar-refractivity contribution in [1.29, 1.82) is 0 Å². The van der Waals surface area contributed by atoms with E-state index in [-0.39, 0.29) is 12.5 Å². The zero-order chi connectivity index (χ0) is 19.1. The van der Waals surface area contributed by atoms with E-state index in [0.717, 1.165) is 34.7 Å². The van der Waals surface area contributed by atoms with Crippen LogP contribution in [0.4, 0.5) is 5.82 Å². The molecule has 142 valence electrons. The third-order valence-corrected chi connectivity index (χ3v) is 5.04. The Balaban J connectivity index is 1.40. The number of rotatable bonds is 6. The zero-order valence-electron chi connectivity index (χ0n) is 15.6. The van der Waals surface area contributed by atoms with Crippen molar-refractivity contribution in [1.82, 2.24) is 19.6 Å². The number of para-hydroxylation sites is 1. The summed E-state index contributed by atoms with van der Waals surface area (Å²) in [6, 6.07) is 13.5. The summed E-state index contributed by atoms with van der Waals surface area (Å²) in [5.74, 6) is 2.82. The monoisotopic (exact) mass is 375 g/mol. The number of nitrogens with zero attached hydrogens (tertiary/aromatic N) is 4. The van der Waals surface area contributed by atoms with Crippen molar-refractivity contribution >= 4 is 22.6 Å². The number of aromatic nitrogens is 4. The summed E-state index contributed by atoms with van der Waals surface area (Å²) in [6.45, 7) is 2.88. The number of aryl methyl sites for hydroxylation is 1. The van der Waals surface area contributed by atoms with Gasteiger partial charge >= 0.3 is 0 Å². The molecule has 0 unspecified atom stereocenters. The number of nitrogens with one attached hydrogen (secondary N) is 1. The predicted octanol–water partition coefficient (Wildman–Crippen LogP) is 3.85. The lowest BCUT2D eigenvalue weighted by atomic mass is 10.2. The molecule has 7 nitrogen and oxygen atoms in total. The Labute approximate surface area is 161 Å². The van der Waals surface area contributed by atoms with E-state index < -0.39 is 0 Å². The maximum atomic E-state index is 12.7. The zero-order valence-corrected chi connectivity index (χ0v) is 15.6. The molecule has 4 aromatic rings. The van der Waals surface area contributed by atoms with Crippen LogP contribution in [0.15, 0.2) is 53.1 Å². The van der Waals surface area contributed by atoms with Crippen molar-refractivity contribution in [3.63, 3.8) is 0 Å². The molecule has 0 radical (unpaired) electrons. The average molecular weight is 375 g/mol. The molecule has 0 spiro atoms. The van der Waals surface area contributed by atoms with Crippen molar-refractivity contribution in [2.24, 2.45) is 5.92 Å². The van der Waals surface area contributed by atoms with Crippen LogP contribution in [0.5, 0.6) is 0 Å². The molecule has 1 aliphatic rings. The number of amides is 1. The van der Waals surface area contributed by atoms with Gasteiger partial charge in [-0.1, -0.05) is 18.2 Å². The molecule has 0 aliphatic heterocycles. The summed E-state index contributed by atoms with van der Waals surface area (Å²) < 4.78 is 9.34. The summed E-state index contributed by atoms with van der Waals surface area (Å²) in [7, 11) is 0. The standard InChI is InChI=1S/C21H21N5O2/c1-14-6-9-18(28-14)21-16-4-2-3-5-17(16)25(24-21)13-20(27)23-19-10-11-22-26(19)12-15-7-8-15/h2-6,9-11,15H,7-8,12-13H2,1H3,(H,23,27). The molecule has 5 rings (SSSR count). The fourth-order valence-electron chi connectivity index (χ4n) is 3.44. The molecule has 0 bridgehead atoms. The first-order valence-corrected chi connectivity index (χ1v) is 9.51. The highest BCUT2D eigenvalue weighted by Crippen LogP contribution is 2.31. The van der Waals surface area contributed by atoms with E-state index in [1.54, 1.807) is 10.9 Å². The summed E-state index contributed by atoms with van der Waals surface area (Å²) in [5, 5.41) is 12.9. The first-order chi connectivity index (χ1) is 13.7. The highest BCUT2D eigenvalue weighted by Gasteiger charge is 2.23. The van der Waals surface area contributed by atoms with Gasteiger partial charge in [0.1, 0.15) is 23.8 Å². The van der Waals surface area contributed by atoms with E-state index >= 15 is 0 Å². The first kappa shape index (κ1) is 16.8. The quantitative estimate of drug-likeness (QED) is 0.555. The van der Waals surface area contributed by atoms with Crippen LogP contribution >= 0.6 is 0 Å². The summed E-state index contributed by atoms with van der Waals surface area (Å²) >= 11 is 0. The van der Waals surface area contributed by atoms with Crippen molar-refractivity contribution < 1.29 is 9.21 Å². The Bertz CT molecular complexity index is 1150. The van der Waals surface area contributed by atoms with E-state index in [2.05, 4.69) is 15.5 Å². The van der Waals surface area contributed by atoms with Gasteiger partial charge in [-0.05, 0) is 43.9 Å². The van der Waals surface area contributed by atoms with Gasteiger partial charge in [-0.25, -0.2) is 4.68 Å². The van der Waals surface area contributed by atoms with Gasteiger partial charge < -0.3 is 9.73 Å². The minimum atomic E-state index is -0.132. The van der Waals surface area contributed by atoms with Crippen LogP contribution in [0.3, 0.4) is 0 Å². The maximum Gasteiger partial charge on any atom is 0.247 e. The van der Waals surface area contributed by atoms with E-state index in [4.69, 9.17) is 4.42 Å². The molecule has 1 amide bonds. The number of benzene rings is 1. The second-order valence-electron chi connectivity index (χ2n) is 7.32. The summed E-state index contributed by atoms with van der Waals surface area (Å²) in [4.78, 5) is 12.7. The van der Waals surface area contributed by atoms with E-state index in [1.807, 2.05) is 54.1 Å². The highest BCUT2D eigenvalue weighted by atomic mass is 16.3. The van der Waals surface area contributed by atoms with Gasteiger partial charge in [-0.3, -0.25) is 9.48 Å². The normalized spacial score (nSPS) is 13.9. The topological polar surface area (TPSA) is 77.9 Å². The van der Waals surface area contributed by atoms with Crippen molar-refractivity contribution in [2.75, 3.05) is 5.32 Å². The van der Waals surface area contributed by atoms with Gasteiger partial charge in [0.2, 0.25) is 5.91 Å². The maximum absolute atomic E-state index is 12.7. The van der Waals surface area contributed by atoms with Crippen molar-refractivity contribution in [3.8, 4) is 11.5 Å². The van der Waals surface area contributed by atoms with Crippen molar-refractivity contribution in [2.45, 2.75) is 32.9 Å². The summed E-state index contributed by atoms with van der Waals surface area (Å²) in [6.07, 6.45) is 4.20. The third-order valence-electron chi connectivity index (χ3n) is 5.04. The molecule has 1 aliphatic carbocycles. The lowest BCUT2D eigenvalue weighted by Crippen LogP contribution is -2.21. The van der Waals surface area contributed by atoms with Gasteiger partial charge in [0.15, 0.2) is 5.76 Å². The van der Waals surface area contributed by atoms with E-state index in [9.17, 15) is 4.79 Å². The fraction of sp³-hybridized carbons (Fsp3) is 0.286. The SMILES string of the molecule is Cc1ccc(-c2nn(CC(=O)Nc3ccnn3CC3CC3)c3ccccc23)o1. The van der Waals surface area contributed by atoms with Crippen LogP contribution in [0.25, 0.3) is 22.4 Å². The van der Waals surface area contributed by atoms with Crippen LogP contribution in [0.2, 0.25) is 0 Å². The van der Waals surface area contributed by atoms with Gasteiger partial charge in [0, 0.05) is 18.0 Å². The molecule has 1 aromatic carbocycles. The Morgan fingerprint density at radius 2 is 2.04 bits per heavy atom. The van der Waals surface area contributed by atoms with Gasteiger partial charge in [-0.15, -0.1) is 0 Å². The van der Waals surface area contributed by atoms with E-state index in [1.165, 1.54) is 12.8 Å². The summed E-state index contributed by atoms with van der Waals surface area (Å²) in [5.41, 5.74) is 1.64. The molecule has 1 saturated carbocycles. The number of carbonyl (C=O) groups excluding carboxylic acids is 1. The van der Waals surface area contributed by atoms with E-state index in [0.29, 0.717) is 11.7 Å². The van der Waals surface area contributed by atoms with Crippen molar-refractivity contribution in [3.05, 3.63) is 54.4 Å². The minimum Gasteiger partial charge on any atom is -0.460 e. The molecular weight excluding hydrogens is 354 g/mol. The smallest absolute Gasteiger partial charge is 0.247 e. The Kier molecular flexibility index (Phi) is 4.00. The fourth-order valence-corrected chi connectivity index (χ4v) is 3.44. The number of anilines is 1.